The minimum Gasteiger partial charge on any atom is -0.355 e. The van der Waals surface area contributed by atoms with Crippen molar-refractivity contribution in [2.45, 2.75) is 95.7 Å². The number of aromatic nitrogens is 3. The molecule has 2 N–H and O–H groups in total. The summed E-state index contributed by atoms with van der Waals surface area (Å²) in [5.41, 5.74) is 3.62. The lowest BCUT2D eigenvalue weighted by Gasteiger charge is -2.43. The van der Waals surface area contributed by atoms with E-state index in [1.54, 1.807) is 35.5 Å². The van der Waals surface area contributed by atoms with Crippen LogP contribution in [0.1, 0.15) is 115 Å². The Kier molecular flexibility index (Phi) is 15.6. The number of likely N-dealkylation sites (tertiary alicyclic amines) is 1. The molecule has 1 aromatic carbocycles. The molecule has 65 heavy (non-hydrogen) atoms. The Balaban J connectivity index is 0.673. The number of anilines is 1. The topological polar surface area (TPSA) is 164 Å². The van der Waals surface area contributed by atoms with E-state index in [0.717, 1.165) is 146 Å². The molecule has 5 amide bonds. The maximum atomic E-state index is 13.3. The molecule has 7 heterocycles. The Bertz CT molecular complexity index is 2230. The van der Waals surface area contributed by atoms with Crippen molar-refractivity contribution >= 4 is 41.4 Å². The number of nitrogens with zero attached hydrogens (tertiary/aromatic N) is 8. The Morgan fingerprint density at radius 3 is 2.43 bits per heavy atom. The predicted octanol–water partition coefficient (Wildman–Crippen LogP) is 4.29. The number of unbranched alkanes of at least 4 members (excludes halogenated alkanes) is 3. The quantitative estimate of drug-likeness (QED) is 0.0969. The van der Waals surface area contributed by atoms with Crippen molar-refractivity contribution in [2.75, 3.05) is 70.3 Å². The van der Waals surface area contributed by atoms with Crippen LogP contribution in [-0.4, -0.2) is 142 Å². The summed E-state index contributed by atoms with van der Waals surface area (Å²) in [7, 11) is 0. The van der Waals surface area contributed by atoms with Gasteiger partial charge in [-0.1, -0.05) is 36.8 Å². The van der Waals surface area contributed by atoms with Gasteiger partial charge in [-0.2, -0.15) is 0 Å². The van der Waals surface area contributed by atoms with Crippen molar-refractivity contribution in [3.63, 3.8) is 0 Å². The highest BCUT2D eigenvalue weighted by Gasteiger charge is 2.40. The first-order valence-electron chi connectivity index (χ1n) is 23.7. The maximum Gasteiger partial charge on any atom is 0.274 e. The third-order valence-electron chi connectivity index (χ3n) is 13.8. The average Bonchev–Trinajstić information content (AvgIpc) is 3.68. The van der Waals surface area contributed by atoms with Crippen LogP contribution in [0.4, 0.5) is 5.82 Å². The van der Waals surface area contributed by atoms with Crippen molar-refractivity contribution in [2.24, 2.45) is 5.92 Å². The lowest BCUT2D eigenvalue weighted by atomic mass is 9.91. The molecular formula is C50H62N10O5. The van der Waals surface area contributed by atoms with E-state index in [1.165, 1.54) is 0 Å². The molecule has 5 aliphatic heterocycles. The van der Waals surface area contributed by atoms with Crippen LogP contribution in [0.15, 0.2) is 60.9 Å². The number of hydrogen-bond donors (Lipinski definition) is 2. The third kappa shape index (κ3) is 12.0. The fourth-order valence-electron chi connectivity index (χ4n) is 9.89. The average molecular weight is 883 g/mol. The van der Waals surface area contributed by atoms with Gasteiger partial charge in [-0.3, -0.25) is 39.2 Å². The minimum absolute atomic E-state index is 0.0376. The molecule has 0 saturated carbocycles. The van der Waals surface area contributed by atoms with Gasteiger partial charge in [0.2, 0.25) is 17.7 Å². The summed E-state index contributed by atoms with van der Waals surface area (Å²) in [6, 6.07) is 13.1. The second-order valence-corrected chi connectivity index (χ2v) is 18.0. The number of fused-ring (bicyclic) bond motifs is 1. The first-order chi connectivity index (χ1) is 31.8. The third-order valence-corrected chi connectivity index (χ3v) is 13.8. The second-order valence-electron chi connectivity index (χ2n) is 18.0. The highest BCUT2D eigenvalue weighted by atomic mass is 16.2. The van der Waals surface area contributed by atoms with Crippen LogP contribution < -0.4 is 15.5 Å². The molecule has 0 bridgehead atoms. The summed E-state index contributed by atoms with van der Waals surface area (Å²) >= 11 is 0. The van der Waals surface area contributed by atoms with Crippen LogP contribution in [0.5, 0.6) is 0 Å². The zero-order chi connectivity index (χ0) is 45.0. The van der Waals surface area contributed by atoms with Gasteiger partial charge < -0.3 is 24.9 Å². The number of imide groups is 1. The number of rotatable bonds is 15. The van der Waals surface area contributed by atoms with Crippen LogP contribution >= 0.6 is 0 Å². The van der Waals surface area contributed by atoms with Gasteiger partial charge >= 0.3 is 0 Å². The monoisotopic (exact) mass is 882 g/mol. The van der Waals surface area contributed by atoms with E-state index in [9.17, 15) is 24.0 Å². The van der Waals surface area contributed by atoms with Gasteiger partial charge in [0.1, 0.15) is 6.04 Å². The van der Waals surface area contributed by atoms with Gasteiger partial charge in [0.05, 0.1) is 0 Å². The van der Waals surface area contributed by atoms with Crippen LogP contribution in [0, 0.1) is 17.8 Å². The largest absolute Gasteiger partial charge is 0.355 e. The Hall–Kier alpha value is -5.98. The fraction of sp³-hybridized carbons (Fsp3) is 0.520. The second kappa shape index (κ2) is 22.3. The Labute approximate surface area is 382 Å². The van der Waals surface area contributed by atoms with Gasteiger partial charge in [-0.05, 0) is 111 Å². The van der Waals surface area contributed by atoms with Gasteiger partial charge in [0.25, 0.3) is 11.8 Å². The van der Waals surface area contributed by atoms with Gasteiger partial charge in [0, 0.05) is 114 Å². The van der Waals surface area contributed by atoms with Crippen molar-refractivity contribution in [3.8, 4) is 11.8 Å². The predicted molar refractivity (Wildman–Crippen MR) is 247 cm³/mol. The molecule has 3 aromatic rings. The molecule has 4 fully saturated rings. The summed E-state index contributed by atoms with van der Waals surface area (Å²) < 4.78 is 0. The molecule has 5 aliphatic rings. The molecule has 1 atom stereocenters. The molecular weight excluding hydrogens is 821 g/mol. The van der Waals surface area contributed by atoms with Gasteiger partial charge in [0.15, 0.2) is 11.5 Å². The lowest BCUT2D eigenvalue weighted by Crippen LogP contribution is -2.53. The zero-order valence-electron chi connectivity index (χ0n) is 37.5. The van der Waals surface area contributed by atoms with Crippen molar-refractivity contribution < 1.29 is 24.0 Å². The number of hydrogen-bond acceptors (Lipinski definition) is 11. The van der Waals surface area contributed by atoms with E-state index in [0.29, 0.717) is 42.7 Å². The Morgan fingerprint density at radius 2 is 1.68 bits per heavy atom. The number of carbonyl (C=O) groups is 5. The van der Waals surface area contributed by atoms with Crippen LogP contribution in [0.3, 0.4) is 0 Å². The van der Waals surface area contributed by atoms with E-state index in [-0.39, 0.29) is 30.0 Å². The van der Waals surface area contributed by atoms with Crippen molar-refractivity contribution in [1.29, 1.82) is 0 Å². The minimum atomic E-state index is -0.625. The molecule has 15 heteroatoms. The molecule has 342 valence electrons. The standard InChI is InChI=1S/C50H62N10O5/c61-46(18-14-38-10-8-24-51-35-38)52-25-5-4-9-37-20-27-59(28-21-37)50(65)43-15-17-45(55-54-43)58-29-22-40(23-30-58)57-33-31-56(32-34-57)26-6-2-1-3-11-39-12-7-13-41-42(39)36-60(49(41)64)44-16-19-47(62)53-48(44)63/h7-8,10,12-15,17-18,24,35,37,40,44H,1-2,4-6,9,16,19-23,25-34,36H2,(H,52,61)(H,53,62,63)/b18-14+. The number of pyridine rings is 1. The van der Waals surface area contributed by atoms with Crippen LogP contribution in [-0.2, 0) is 20.9 Å². The molecule has 0 spiro atoms. The molecule has 2 aromatic heterocycles. The van der Waals surface area contributed by atoms with Crippen LogP contribution in [0.25, 0.3) is 6.08 Å². The molecule has 4 saturated heterocycles. The van der Waals surface area contributed by atoms with Gasteiger partial charge in [-0.15, -0.1) is 10.2 Å². The highest BCUT2D eigenvalue weighted by molar-refractivity contribution is 6.05. The number of carbonyl (C=O) groups excluding carboxylic acids is 5. The smallest absolute Gasteiger partial charge is 0.274 e. The molecule has 15 nitrogen and oxygen atoms in total. The maximum absolute atomic E-state index is 13.3. The molecule has 1 unspecified atom stereocenters. The summed E-state index contributed by atoms with van der Waals surface area (Å²) in [5, 5.41) is 14.2. The SMILES string of the molecule is O=C(/C=C/c1cccnc1)NCCCCC1CCN(C(=O)c2ccc(N3CCC(N4CCN(CCCCC#Cc5cccc6c5CN(C5CCC(=O)NC5=O)C6=O)CC4)CC3)nn2)CC1. The van der Waals surface area contributed by atoms with E-state index < -0.39 is 11.9 Å². The molecule has 8 rings (SSSR count). The lowest BCUT2D eigenvalue weighted by molar-refractivity contribution is -0.137. The van der Waals surface area contributed by atoms with E-state index in [1.807, 2.05) is 41.3 Å². The number of amides is 5. The number of piperidine rings is 3. The van der Waals surface area contributed by atoms with Crippen LogP contribution in [0.2, 0.25) is 0 Å². The first kappa shape index (κ1) is 45.6. The Morgan fingerprint density at radius 1 is 0.846 bits per heavy atom. The number of piperazine rings is 1. The summed E-state index contributed by atoms with van der Waals surface area (Å²) in [6.45, 7) is 9.70. The summed E-state index contributed by atoms with van der Waals surface area (Å²) in [6.07, 6.45) is 17.5. The molecule has 0 aliphatic carbocycles. The number of benzene rings is 1. The molecule has 0 radical (unpaired) electrons. The van der Waals surface area contributed by atoms with E-state index >= 15 is 0 Å². The van der Waals surface area contributed by atoms with E-state index in [2.05, 4.69) is 52.4 Å². The number of nitrogens with one attached hydrogen (secondary N) is 2. The zero-order valence-corrected chi connectivity index (χ0v) is 37.5. The highest BCUT2D eigenvalue weighted by Crippen LogP contribution is 2.30. The summed E-state index contributed by atoms with van der Waals surface area (Å²) in [4.78, 5) is 77.7. The fourth-order valence-corrected chi connectivity index (χ4v) is 9.89. The first-order valence-corrected chi connectivity index (χ1v) is 23.7. The summed E-state index contributed by atoms with van der Waals surface area (Å²) in [5.74, 6) is 7.07. The van der Waals surface area contributed by atoms with Crippen molar-refractivity contribution in [3.05, 3.63) is 88.9 Å². The van der Waals surface area contributed by atoms with E-state index in [4.69, 9.17) is 0 Å². The van der Waals surface area contributed by atoms with Gasteiger partial charge in [-0.25, -0.2) is 0 Å². The normalized spacial score (nSPS) is 20.2. The van der Waals surface area contributed by atoms with Crippen molar-refractivity contribution in [1.82, 2.24) is 45.4 Å².